The van der Waals surface area contributed by atoms with Gasteiger partial charge in [-0.15, -0.1) is 11.8 Å². The number of nitrogens with zero attached hydrogens (tertiary/aromatic N) is 1. The fraction of sp³-hybridized carbons (Fsp3) is 0.533. The molecule has 1 atom stereocenters. The number of benzene rings is 1. The van der Waals surface area contributed by atoms with Gasteiger partial charge in [0.15, 0.2) is 0 Å². The van der Waals surface area contributed by atoms with Crippen LogP contribution in [0.3, 0.4) is 0 Å². The lowest BCUT2D eigenvalue weighted by Gasteiger charge is -2.37. The van der Waals surface area contributed by atoms with E-state index in [1.165, 1.54) is 11.8 Å². The third-order valence-corrected chi connectivity index (χ3v) is 4.51. The third-order valence-electron chi connectivity index (χ3n) is 3.56. The highest BCUT2D eigenvalue weighted by Gasteiger charge is 2.46. The molecule has 0 N–H and O–H groups in total. The molecule has 2 rings (SSSR count). The van der Waals surface area contributed by atoms with Gasteiger partial charge >= 0.3 is 6.18 Å². The minimum atomic E-state index is -4.36. The molecule has 21 heavy (non-hydrogen) atoms. The van der Waals surface area contributed by atoms with Gasteiger partial charge in [-0.3, -0.25) is 4.79 Å². The first-order valence-electron chi connectivity index (χ1n) is 7.04. The molecule has 0 radical (unpaired) electrons. The standard InChI is InChI=1S/C15H18F3NOS/c1-2-21-12-8-4-3-7-11(12)14(20)19-10-6-5-9-13(19)15(16,17)18/h3-4,7-8,13H,2,5-6,9-10H2,1H3. The van der Waals surface area contributed by atoms with Gasteiger partial charge in [-0.1, -0.05) is 19.1 Å². The minimum absolute atomic E-state index is 0.00166. The number of hydrogen-bond acceptors (Lipinski definition) is 2. The van der Waals surface area contributed by atoms with E-state index in [0.717, 1.165) is 15.5 Å². The summed E-state index contributed by atoms with van der Waals surface area (Å²) in [5.41, 5.74) is 0.375. The topological polar surface area (TPSA) is 20.3 Å². The van der Waals surface area contributed by atoms with E-state index in [1.54, 1.807) is 24.3 Å². The number of alkyl halides is 3. The van der Waals surface area contributed by atoms with Gasteiger partial charge in [0.1, 0.15) is 6.04 Å². The largest absolute Gasteiger partial charge is 0.408 e. The van der Waals surface area contributed by atoms with Crippen LogP contribution in [-0.4, -0.2) is 35.3 Å². The van der Waals surface area contributed by atoms with Crippen LogP contribution in [0.1, 0.15) is 36.5 Å². The Balaban J connectivity index is 2.29. The Bertz CT molecular complexity index is 504. The summed E-state index contributed by atoms with van der Waals surface area (Å²) >= 11 is 1.47. The lowest BCUT2D eigenvalue weighted by Crippen LogP contribution is -2.51. The van der Waals surface area contributed by atoms with Crippen LogP contribution in [0.25, 0.3) is 0 Å². The number of piperidine rings is 1. The van der Waals surface area contributed by atoms with Crippen molar-refractivity contribution in [3.8, 4) is 0 Å². The summed E-state index contributed by atoms with van der Waals surface area (Å²) in [7, 11) is 0. The number of carbonyl (C=O) groups is 1. The van der Waals surface area contributed by atoms with E-state index in [0.29, 0.717) is 18.4 Å². The quantitative estimate of drug-likeness (QED) is 0.772. The molecule has 1 aromatic rings. The number of thioether (sulfide) groups is 1. The molecular weight excluding hydrogens is 299 g/mol. The number of hydrogen-bond donors (Lipinski definition) is 0. The minimum Gasteiger partial charge on any atom is -0.326 e. The molecule has 1 saturated heterocycles. The Kier molecular flexibility index (Phi) is 5.19. The summed E-state index contributed by atoms with van der Waals surface area (Å²) in [4.78, 5) is 14.3. The Morgan fingerprint density at radius 1 is 1.33 bits per heavy atom. The van der Waals surface area contributed by atoms with Crippen LogP contribution in [0, 0.1) is 0 Å². The molecule has 6 heteroatoms. The van der Waals surface area contributed by atoms with Crippen molar-refractivity contribution >= 4 is 17.7 Å². The molecule has 0 aromatic heterocycles. The average Bonchev–Trinajstić information content (AvgIpc) is 2.46. The summed E-state index contributed by atoms with van der Waals surface area (Å²) in [5.74, 6) is 0.265. The summed E-state index contributed by atoms with van der Waals surface area (Å²) in [5, 5.41) is 0. The zero-order chi connectivity index (χ0) is 15.5. The average molecular weight is 317 g/mol. The van der Waals surface area contributed by atoms with E-state index in [2.05, 4.69) is 0 Å². The molecule has 1 aliphatic heterocycles. The predicted molar refractivity (Wildman–Crippen MR) is 77.6 cm³/mol. The van der Waals surface area contributed by atoms with Crippen LogP contribution >= 0.6 is 11.8 Å². The molecule has 1 unspecified atom stereocenters. The van der Waals surface area contributed by atoms with Gasteiger partial charge in [-0.2, -0.15) is 13.2 Å². The van der Waals surface area contributed by atoms with Crippen molar-refractivity contribution in [3.63, 3.8) is 0 Å². The summed E-state index contributed by atoms with van der Waals surface area (Å²) in [6, 6.07) is 5.24. The van der Waals surface area contributed by atoms with E-state index >= 15 is 0 Å². The number of carbonyl (C=O) groups excluding carboxylic acids is 1. The molecule has 0 saturated carbocycles. The van der Waals surface area contributed by atoms with Crippen LogP contribution in [-0.2, 0) is 0 Å². The maximum atomic E-state index is 13.1. The Hall–Kier alpha value is -1.17. The molecule has 116 valence electrons. The van der Waals surface area contributed by atoms with Crippen molar-refractivity contribution < 1.29 is 18.0 Å². The monoisotopic (exact) mass is 317 g/mol. The smallest absolute Gasteiger partial charge is 0.326 e. The van der Waals surface area contributed by atoms with E-state index in [9.17, 15) is 18.0 Å². The van der Waals surface area contributed by atoms with Crippen LogP contribution in [0.5, 0.6) is 0 Å². The zero-order valence-corrected chi connectivity index (χ0v) is 12.6. The van der Waals surface area contributed by atoms with Crippen LogP contribution < -0.4 is 0 Å². The maximum absolute atomic E-state index is 13.1. The highest BCUT2D eigenvalue weighted by Crippen LogP contribution is 2.34. The van der Waals surface area contributed by atoms with E-state index in [1.807, 2.05) is 6.92 Å². The van der Waals surface area contributed by atoms with Gasteiger partial charge in [0.05, 0.1) is 5.56 Å². The van der Waals surface area contributed by atoms with Gasteiger partial charge < -0.3 is 4.90 Å². The van der Waals surface area contributed by atoms with E-state index < -0.39 is 18.1 Å². The molecule has 1 heterocycles. The highest BCUT2D eigenvalue weighted by molar-refractivity contribution is 7.99. The molecule has 0 bridgehead atoms. The summed E-state index contributed by atoms with van der Waals surface area (Å²) in [6.45, 7) is 2.12. The maximum Gasteiger partial charge on any atom is 0.408 e. The third kappa shape index (κ3) is 3.73. The molecular formula is C15H18F3NOS. The first-order chi connectivity index (χ1) is 9.95. The molecule has 2 nitrogen and oxygen atoms in total. The molecule has 1 aromatic carbocycles. The highest BCUT2D eigenvalue weighted by atomic mass is 32.2. The fourth-order valence-electron chi connectivity index (χ4n) is 2.59. The second kappa shape index (κ2) is 6.73. The normalized spacial score (nSPS) is 19.6. The molecule has 1 aliphatic rings. The van der Waals surface area contributed by atoms with Crippen LogP contribution in [0.2, 0.25) is 0 Å². The van der Waals surface area contributed by atoms with Crippen molar-refractivity contribution in [2.45, 2.75) is 43.3 Å². The first-order valence-corrected chi connectivity index (χ1v) is 8.03. The van der Waals surface area contributed by atoms with Crippen LogP contribution in [0.15, 0.2) is 29.2 Å². The van der Waals surface area contributed by atoms with Gasteiger partial charge in [0.2, 0.25) is 0 Å². The van der Waals surface area contributed by atoms with E-state index in [4.69, 9.17) is 0 Å². The van der Waals surface area contributed by atoms with Crippen molar-refractivity contribution in [1.82, 2.24) is 4.90 Å². The molecule has 0 aliphatic carbocycles. The Morgan fingerprint density at radius 3 is 2.71 bits per heavy atom. The van der Waals surface area contributed by atoms with Gasteiger partial charge in [-0.05, 0) is 37.1 Å². The zero-order valence-electron chi connectivity index (χ0n) is 11.8. The Labute approximate surface area is 126 Å². The van der Waals surface area contributed by atoms with Gasteiger partial charge in [0, 0.05) is 11.4 Å². The summed E-state index contributed by atoms with van der Waals surface area (Å²) in [6.07, 6.45) is -3.22. The molecule has 1 fully saturated rings. The number of halogens is 3. The first kappa shape index (κ1) is 16.2. The van der Waals surface area contributed by atoms with Crippen molar-refractivity contribution in [2.24, 2.45) is 0 Å². The van der Waals surface area contributed by atoms with Crippen molar-refractivity contribution in [2.75, 3.05) is 12.3 Å². The molecule has 0 spiro atoms. The number of amides is 1. The van der Waals surface area contributed by atoms with Crippen LogP contribution in [0.4, 0.5) is 13.2 Å². The van der Waals surface area contributed by atoms with Gasteiger partial charge in [0.25, 0.3) is 5.91 Å². The van der Waals surface area contributed by atoms with E-state index in [-0.39, 0.29) is 13.0 Å². The van der Waals surface area contributed by atoms with Crippen molar-refractivity contribution in [1.29, 1.82) is 0 Å². The molecule has 1 amide bonds. The second-order valence-corrected chi connectivity index (χ2v) is 6.29. The lowest BCUT2D eigenvalue weighted by atomic mass is 10.0. The summed E-state index contributed by atoms with van der Waals surface area (Å²) < 4.78 is 39.4. The van der Waals surface area contributed by atoms with Gasteiger partial charge in [-0.25, -0.2) is 0 Å². The predicted octanol–water partition coefficient (Wildman–Crippen LogP) is 4.36. The number of likely N-dealkylation sites (tertiary alicyclic amines) is 1. The second-order valence-electron chi connectivity index (χ2n) is 4.98. The Morgan fingerprint density at radius 2 is 2.05 bits per heavy atom. The fourth-order valence-corrected chi connectivity index (χ4v) is 3.39. The SMILES string of the molecule is CCSc1ccccc1C(=O)N1CCCCC1C(F)(F)F. The van der Waals surface area contributed by atoms with Crippen molar-refractivity contribution in [3.05, 3.63) is 29.8 Å². The lowest BCUT2D eigenvalue weighted by molar-refractivity contribution is -0.183. The number of rotatable bonds is 3.